The second kappa shape index (κ2) is 3.40. The Kier molecular flexibility index (Phi) is 2.49. The maximum Gasteiger partial charge on any atom is 0.279 e. The molecule has 0 aliphatic carbocycles. The van der Waals surface area contributed by atoms with E-state index in [-0.39, 0.29) is 5.69 Å². The van der Waals surface area contributed by atoms with Crippen molar-refractivity contribution in [1.82, 2.24) is 14.1 Å². The molecule has 1 aromatic rings. The van der Waals surface area contributed by atoms with Crippen LogP contribution < -0.4 is 5.32 Å². The van der Waals surface area contributed by atoms with Gasteiger partial charge in [-0.25, -0.2) is 0 Å². The van der Waals surface area contributed by atoms with E-state index in [2.05, 4.69) is 14.1 Å². The zero-order valence-electron chi connectivity index (χ0n) is 6.62. The zero-order valence-corrected chi connectivity index (χ0v) is 7.44. The highest BCUT2D eigenvalue weighted by Gasteiger charge is 2.13. The van der Waals surface area contributed by atoms with Crippen LogP contribution in [0.25, 0.3) is 0 Å². The summed E-state index contributed by atoms with van der Waals surface area (Å²) in [4.78, 5) is 21.6. The standard InChI is InChI=1S/C6H7N3O2S/c1-3-5(9-12-8-3)6(11)7-4(2)10/h1-2H3,(H,7,10,11). The topological polar surface area (TPSA) is 72.0 Å². The van der Waals surface area contributed by atoms with Gasteiger partial charge in [-0.15, -0.1) is 0 Å². The summed E-state index contributed by atoms with van der Waals surface area (Å²) in [5.74, 6) is -0.888. The summed E-state index contributed by atoms with van der Waals surface area (Å²) in [6.07, 6.45) is 0. The summed E-state index contributed by atoms with van der Waals surface area (Å²) >= 11 is 0.949. The lowest BCUT2D eigenvalue weighted by Crippen LogP contribution is -2.28. The van der Waals surface area contributed by atoms with Crippen molar-refractivity contribution in [2.24, 2.45) is 0 Å². The molecule has 0 aliphatic rings. The number of aryl methyl sites for hydroxylation is 1. The molecule has 1 heterocycles. The van der Waals surface area contributed by atoms with Gasteiger partial charge in [0.15, 0.2) is 5.69 Å². The number of amides is 2. The predicted octanol–water partition coefficient (Wildman–Crippen LogP) is 0.123. The molecular weight excluding hydrogens is 178 g/mol. The van der Waals surface area contributed by atoms with Crippen LogP contribution in [0.2, 0.25) is 0 Å². The Morgan fingerprint density at radius 2 is 2.08 bits per heavy atom. The van der Waals surface area contributed by atoms with Gasteiger partial charge in [0.05, 0.1) is 17.4 Å². The van der Waals surface area contributed by atoms with Crippen molar-refractivity contribution in [2.75, 3.05) is 0 Å². The van der Waals surface area contributed by atoms with Crippen molar-refractivity contribution < 1.29 is 9.59 Å². The molecule has 0 spiro atoms. The lowest BCUT2D eigenvalue weighted by Gasteiger charge is -1.95. The first-order valence-corrected chi connectivity index (χ1v) is 3.95. The van der Waals surface area contributed by atoms with Crippen LogP contribution in [0.15, 0.2) is 0 Å². The molecule has 0 saturated carbocycles. The van der Waals surface area contributed by atoms with Crippen molar-refractivity contribution >= 4 is 23.5 Å². The van der Waals surface area contributed by atoms with Crippen LogP contribution in [-0.2, 0) is 4.79 Å². The predicted molar refractivity (Wildman–Crippen MR) is 42.8 cm³/mol. The number of carbonyl (C=O) groups is 2. The lowest BCUT2D eigenvalue weighted by molar-refractivity contribution is -0.118. The number of nitrogens with one attached hydrogen (secondary N) is 1. The number of imide groups is 1. The van der Waals surface area contributed by atoms with Gasteiger partial charge in [-0.3, -0.25) is 14.9 Å². The molecule has 12 heavy (non-hydrogen) atoms. The fourth-order valence-corrected chi connectivity index (χ4v) is 1.20. The van der Waals surface area contributed by atoms with Gasteiger partial charge in [0.25, 0.3) is 5.91 Å². The summed E-state index contributed by atoms with van der Waals surface area (Å²) in [6.45, 7) is 2.94. The van der Waals surface area contributed by atoms with Gasteiger partial charge in [-0.1, -0.05) is 0 Å². The summed E-state index contributed by atoms with van der Waals surface area (Å²) in [6, 6.07) is 0. The Morgan fingerprint density at radius 3 is 2.50 bits per heavy atom. The molecule has 0 fully saturated rings. The van der Waals surface area contributed by atoms with Gasteiger partial charge in [0.2, 0.25) is 5.91 Å². The maximum atomic E-state index is 11.1. The van der Waals surface area contributed by atoms with Crippen molar-refractivity contribution in [2.45, 2.75) is 13.8 Å². The fraction of sp³-hybridized carbons (Fsp3) is 0.333. The van der Waals surface area contributed by atoms with E-state index in [9.17, 15) is 9.59 Å². The number of carbonyl (C=O) groups excluding carboxylic acids is 2. The van der Waals surface area contributed by atoms with Gasteiger partial charge in [0.1, 0.15) is 0 Å². The lowest BCUT2D eigenvalue weighted by atomic mass is 10.3. The normalized spacial score (nSPS) is 9.50. The van der Waals surface area contributed by atoms with Gasteiger partial charge >= 0.3 is 0 Å². The second-order valence-electron chi connectivity index (χ2n) is 2.21. The third-order valence-electron chi connectivity index (χ3n) is 1.16. The van der Waals surface area contributed by atoms with Gasteiger partial charge in [-0.05, 0) is 6.92 Å². The van der Waals surface area contributed by atoms with E-state index < -0.39 is 11.8 Å². The van der Waals surface area contributed by atoms with Crippen LogP contribution in [0.3, 0.4) is 0 Å². The molecule has 1 aromatic heterocycles. The Labute approximate surface area is 73.1 Å². The van der Waals surface area contributed by atoms with E-state index in [0.717, 1.165) is 11.7 Å². The quantitative estimate of drug-likeness (QED) is 0.674. The third-order valence-corrected chi connectivity index (χ3v) is 1.78. The molecule has 0 unspecified atom stereocenters. The number of nitrogens with zero attached hydrogens (tertiary/aromatic N) is 2. The first-order chi connectivity index (χ1) is 5.61. The molecular formula is C6H7N3O2S. The summed E-state index contributed by atoms with van der Waals surface area (Å²) < 4.78 is 7.54. The molecule has 1 rings (SSSR count). The molecule has 5 nitrogen and oxygen atoms in total. The number of rotatable bonds is 1. The largest absolute Gasteiger partial charge is 0.291 e. The average Bonchev–Trinajstić information content (AvgIpc) is 2.33. The summed E-state index contributed by atoms with van der Waals surface area (Å²) in [5.41, 5.74) is 0.758. The monoisotopic (exact) mass is 185 g/mol. The zero-order chi connectivity index (χ0) is 9.14. The van der Waals surface area contributed by atoms with E-state index in [1.165, 1.54) is 6.92 Å². The molecule has 2 amide bonds. The highest BCUT2D eigenvalue weighted by molar-refractivity contribution is 6.99. The molecule has 0 atom stereocenters. The highest BCUT2D eigenvalue weighted by atomic mass is 32.1. The summed E-state index contributed by atoms with van der Waals surface area (Å²) in [5, 5.41) is 2.11. The fourth-order valence-electron chi connectivity index (χ4n) is 0.657. The Morgan fingerprint density at radius 1 is 1.42 bits per heavy atom. The van der Waals surface area contributed by atoms with Gasteiger partial charge in [0, 0.05) is 6.92 Å². The van der Waals surface area contributed by atoms with Crippen LogP contribution in [0.5, 0.6) is 0 Å². The van der Waals surface area contributed by atoms with Crippen LogP contribution in [0.4, 0.5) is 0 Å². The molecule has 64 valence electrons. The Bertz CT molecular complexity index is 320. The van der Waals surface area contributed by atoms with Crippen molar-refractivity contribution in [3.05, 3.63) is 11.4 Å². The SMILES string of the molecule is CC(=O)NC(=O)c1nsnc1C. The van der Waals surface area contributed by atoms with Crippen LogP contribution in [-0.4, -0.2) is 20.6 Å². The van der Waals surface area contributed by atoms with E-state index in [0.29, 0.717) is 5.69 Å². The minimum atomic E-state index is -0.492. The van der Waals surface area contributed by atoms with Crippen molar-refractivity contribution in [1.29, 1.82) is 0 Å². The second-order valence-corrected chi connectivity index (χ2v) is 2.74. The Hall–Kier alpha value is -1.30. The number of aromatic nitrogens is 2. The van der Waals surface area contributed by atoms with E-state index in [1.54, 1.807) is 6.92 Å². The Balaban J connectivity index is 2.78. The molecule has 1 N–H and O–H groups in total. The smallest absolute Gasteiger partial charge is 0.279 e. The molecule has 0 aromatic carbocycles. The maximum absolute atomic E-state index is 11.1. The third kappa shape index (κ3) is 1.85. The van der Waals surface area contributed by atoms with Crippen molar-refractivity contribution in [3.8, 4) is 0 Å². The number of hydrogen-bond acceptors (Lipinski definition) is 5. The first-order valence-electron chi connectivity index (χ1n) is 3.22. The van der Waals surface area contributed by atoms with E-state index in [4.69, 9.17) is 0 Å². The van der Waals surface area contributed by atoms with Crippen molar-refractivity contribution in [3.63, 3.8) is 0 Å². The molecule has 6 heteroatoms. The van der Waals surface area contributed by atoms with Crippen LogP contribution >= 0.6 is 11.7 Å². The first kappa shape index (κ1) is 8.79. The minimum Gasteiger partial charge on any atom is -0.291 e. The van der Waals surface area contributed by atoms with Crippen LogP contribution in [0.1, 0.15) is 23.1 Å². The molecule has 0 aliphatic heterocycles. The van der Waals surface area contributed by atoms with Crippen LogP contribution in [0, 0.1) is 6.92 Å². The highest BCUT2D eigenvalue weighted by Crippen LogP contribution is 2.02. The van der Waals surface area contributed by atoms with E-state index >= 15 is 0 Å². The molecule has 0 saturated heterocycles. The molecule has 0 radical (unpaired) electrons. The summed E-state index contributed by atoms with van der Waals surface area (Å²) in [7, 11) is 0. The average molecular weight is 185 g/mol. The van der Waals surface area contributed by atoms with Gasteiger partial charge in [-0.2, -0.15) is 8.75 Å². The van der Waals surface area contributed by atoms with Gasteiger partial charge < -0.3 is 0 Å². The van der Waals surface area contributed by atoms with E-state index in [1.807, 2.05) is 0 Å². The minimum absolute atomic E-state index is 0.218. The molecule has 0 bridgehead atoms. The number of hydrogen-bond donors (Lipinski definition) is 1.